The van der Waals surface area contributed by atoms with Crippen LogP contribution in [-0.2, 0) is 0 Å². The molecule has 1 atom stereocenters. The number of nitrogens with one attached hydrogen (secondary N) is 1. The summed E-state index contributed by atoms with van der Waals surface area (Å²) in [7, 11) is 0. The van der Waals surface area contributed by atoms with E-state index in [1.54, 1.807) is 0 Å². The highest BCUT2D eigenvalue weighted by atomic mass is 14.9. The van der Waals surface area contributed by atoms with Crippen LogP contribution >= 0.6 is 0 Å². The van der Waals surface area contributed by atoms with Crippen LogP contribution in [0.5, 0.6) is 0 Å². The van der Waals surface area contributed by atoms with Crippen LogP contribution in [0.3, 0.4) is 0 Å². The van der Waals surface area contributed by atoms with E-state index < -0.39 is 0 Å². The van der Waals surface area contributed by atoms with Crippen molar-refractivity contribution in [1.82, 2.24) is 5.32 Å². The lowest BCUT2D eigenvalue weighted by molar-refractivity contribution is 0.200. The van der Waals surface area contributed by atoms with E-state index in [0.29, 0.717) is 5.41 Å². The summed E-state index contributed by atoms with van der Waals surface area (Å²) in [6, 6.07) is 0. The minimum Gasteiger partial charge on any atom is -0.316 e. The Bertz CT molecular complexity index is 182. The highest BCUT2D eigenvalue weighted by Crippen LogP contribution is 2.44. The van der Waals surface area contributed by atoms with Gasteiger partial charge in [0.05, 0.1) is 0 Å². The van der Waals surface area contributed by atoms with Crippen molar-refractivity contribution in [3.63, 3.8) is 0 Å². The third kappa shape index (κ3) is 4.99. The monoisotopic (exact) mass is 239 g/mol. The van der Waals surface area contributed by atoms with Crippen LogP contribution in [0.4, 0.5) is 0 Å². The van der Waals surface area contributed by atoms with Crippen LogP contribution < -0.4 is 5.32 Å². The molecule has 1 aliphatic rings. The van der Waals surface area contributed by atoms with Crippen molar-refractivity contribution in [2.24, 2.45) is 11.3 Å². The van der Waals surface area contributed by atoms with E-state index in [1.165, 1.54) is 64.3 Å². The maximum Gasteiger partial charge on any atom is 0.000779 e. The Morgan fingerprint density at radius 2 is 1.82 bits per heavy atom. The molecule has 0 radical (unpaired) electrons. The SMILES string of the molecule is CCCCC(CC)CC1(CNCC)CCCC1. The predicted octanol–water partition coefficient (Wildman–Crippen LogP) is 4.76. The lowest BCUT2D eigenvalue weighted by Crippen LogP contribution is -2.33. The van der Waals surface area contributed by atoms with Crippen molar-refractivity contribution in [2.45, 2.75) is 78.6 Å². The molecule has 1 N–H and O–H groups in total. The standard InChI is InChI=1S/C16H33N/c1-4-7-10-15(5-2)13-16(14-17-6-3)11-8-9-12-16/h15,17H,4-14H2,1-3H3. The Hall–Kier alpha value is -0.0400. The smallest absolute Gasteiger partial charge is 0.000779 e. The van der Waals surface area contributed by atoms with Gasteiger partial charge in [0, 0.05) is 6.54 Å². The maximum atomic E-state index is 3.62. The Morgan fingerprint density at radius 1 is 1.12 bits per heavy atom. The summed E-state index contributed by atoms with van der Waals surface area (Å²) in [4.78, 5) is 0. The fourth-order valence-corrected chi connectivity index (χ4v) is 3.52. The summed E-state index contributed by atoms with van der Waals surface area (Å²) in [6.07, 6.45) is 13.0. The summed E-state index contributed by atoms with van der Waals surface area (Å²) in [5, 5.41) is 3.62. The molecule has 1 nitrogen and oxygen atoms in total. The van der Waals surface area contributed by atoms with Gasteiger partial charge >= 0.3 is 0 Å². The van der Waals surface area contributed by atoms with E-state index >= 15 is 0 Å². The number of hydrogen-bond acceptors (Lipinski definition) is 1. The zero-order valence-electron chi connectivity index (χ0n) is 12.4. The number of unbranched alkanes of at least 4 members (excludes halogenated alkanes) is 1. The molecule has 0 aromatic carbocycles. The summed E-state index contributed by atoms with van der Waals surface area (Å²) < 4.78 is 0. The molecule has 102 valence electrons. The third-order valence-corrected chi connectivity index (χ3v) is 4.68. The average Bonchev–Trinajstić information content (AvgIpc) is 2.81. The topological polar surface area (TPSA) is 12.0 Å². The van der Waals surface area contributed by atoms with Crippen molar-refractivity contribution in [3.05, 3.63) is 0 Å². The van der Waals surface area contributed by atoms with Gasteiger partial charge in [-0.1, -0.05) is 59.3 Å². The Morgan fingerprint density at radius 3 is 2.35 bits per heavy atom. The zero-order valence-corrected chi connectivity index (χ0v) is 12.4. The highest BCUT2D eigenvalue weighted by molar-refractivity contribution is 4.88. The lowest BCUT2D eigenvalue weighted by atomic mass is 9.75. The molecule has 0 saturated heterocycles. The molecule has 0 aromatic rings. The molecule has 17 heavy (non-hydrogen) atoms. The van der Waals surface area contributed by atoms with Gasteiger partial charge in [0.2, 0.25) is 0 Å². The van der Waals surface area contributed by atoms with E-state index in [2.05, 4.69) is 26.1 Å². The minimum absolute atomic E-state index is 0.657. The van der Waals surface area contributed by atoms with Gasteiger partial charge in [0.1, 0.15) is 0 Å². The second-order valence-electron chi connectivity index (χ2n) is 6.11. The van der Waals surface area contributed by atoms with Crippen LogP contribution in [0.15, 0.2) is 0 Å². The Kier molecular flexibility index (Phi) is 7.18. The van der Waals surface area contributed by atoms with Crippen LogP contribution in [0.25, 0.3) is 0 Å². The van der Waals surface area contributed by atoms with Crippen LogP contribution in [-0.4, -0.2) is 13.1 Å². The third-order valence-electron chi connectivity index (χ3n) is 4.68. The second-order valence-corrected chi connectivity index (χ2v) is 6.11. The van der Waals surface area contributed by atoms with Gasteiger partial charge in [0.15, 0.2) is 0 Å². The molecule has 0 heterocycles. The van der Waals surface area contributed by atoms with E-state index in [-0.39, 0.29) is 0 Å². The quantitative estimate of drug-likeness (QED) is 0.611. The summed E-state index contributed by atoms with van der Waals surface area (Å²) in [5.41, 5.74) is 0.657. The van der Waals surface area contributed by atoms with Crippen LogP contribution in [0.1, 0.15) is 78.6 Å². The molecule has 1 heteroatoms. The molecule has 0 aromatic heterocycles. The fraction of sp³-hybridized carbons (Fsp3) is 1.00. The van der Waals surface area contributed by atoms with Gasteiger partial charge in [-0.3, -0.25) is 0 Å². The van der Waals surface area contributed by atoms with Crippen molar-refractivity contribution in [1.29, 1.82) is 0 Å². The minimum atomic E-state index is 0.657. The van der Waals surface area contributed by atoms with Crippen LogP contribution in [0, 0.1) is 11.3 Å². The molecule has 0 bridgehead atoms. The molecule has 1 fully saturated rings. The van der Waals surface area contributed by atoms with Crippen molar-refractivity contribution in [2.75, 3.05) is 13.1 Å². The average molecular weight is 239 g/mol. The maximum absolute atomic E-state index is 3.62. The Balaban J connectivity index is 2.45. The molecule has 0 spiro atoms. The fourth-order valence-electron chi connectivity index (χ4n) is 3.52. The van der Waals surface area contributed by atoms with Gasteiger partial charge in [-0.2, -0.15) is 0 Å². The highest BCUT2D eigenvalue weighted by Gasteiger charge is 2.34. The second kappa shape index (κ2) is 8.13. The van der Waals surface area contributed by atoms with E-state index in [9.17, 15) is 0 Å². The van der Waals surface area contributed by atoms with Gasteiger partial charge in [-0.15, -0.1) is 0 Å². The first-order chi connectivity index (χ1) is 8.26. The zero-order chi connectivity index (χ0) is 12.6. The van der Waals surface area contributed by atoms with Crippen LogP contribution in [0.2, 0.25) is 0 Å². The molecule has 1 rings (SSSR count). The molecule has 0 aliphatic heterocycles. The van der Waals surface area contributed by atoms with E-state index in [0.717, 1.165) is 12.5 Å². The number of rotatable bonds is 9. The summed E-state index contributed by atoms with van der Waals surface area (Å²) >= 11 is 0. The van der Waals surface area contributed by atoms with E-state index in [1.807, 2.05) is 0 Å². The predicted molar refractivity (Wildman–Crippen MR) is 77.4 cm³/mol. The molecule has 1 saturated carbocycles. The largest absolute Gasteiger partial charge is 0.316 e. The summed E-state index contributed by atoms with van der Waals surface area (Å²) in [6.45, 7) is 9.34. The van der Waals surface area contributed by atoms with Crippen molar-refractivity contribution in [3.8, 4) is 0 Å². The first-order valence-electron chi connectivity index (χ1n) is 7.97. The first kappa shape index (κ1) is 15.0. The summed E-state index contributed by atoms with van der Waals surface area (Å²) in [5.74, 6) is 0.978. The molecule has 0 amide bonds. The van der Waals surface area contributed by atoms with Crippen molar-refractivity contribution < 1.29 is 0 Å². The first-order valence-corrected chi connectivity index (χ1v) is 7.97. The molecule has 1 aliphatic carbocycles. The molecular weight excluding hydrogens is 206 g/mol. The van der Waals surface area contributed by atoms with Gasteiger partial charge in [-0.25, -0.2) is 0 Å². The Labute approximate surface area is 109 Å². The van der Waals surface area contributed by atoms with Gasteiger partial charge < -0.3 is 5.32 Å². The molecular formula is C16H33N. The van der Waals surface area contributed by atoms with Crippen molar-refractivity contribution >= 4 is 0 Å². The van der Waals surface area contributed by atoms with E-state index in [4.69, 9.17) is 0 Å². The number of hydrogen-bond donors (Lipinski definition) is 1. The van der Waals surface area contributed by atoms with Gasteiger partial charge in [0.25, 0.3) is 0 Å². The lowest BCUT2D eigenvalue weighted by Gasteiger charge is -2.33. The normalized spacial score (nSPS) is 20.6. The van der Waals surface area contributed by atoms with Gasteiger partial charge in [-0.05, 0) is 37.1 Å². The molecule has 1 unspecified atom stereocenters.